The smallest absolute Gasteiger partial charge is 0.227 e. The van der Waals surface area contributed by atoms with Gasteiger partial charge in [-0.05, 0) is 30.1 Å². The number of para-hydroxylation sites is 1. The summed E-state index contributed by atoms with van der Waals surface area (Å²) < 4.78 is 0. The van der Waals surface area contributed by atoms with Crippen LogP contribution in [0.15, 0.2) is 29.2 Å². The number of hydrogen-bond donors (Lipinski definition) is 1. The molecule has 0 N–H and O–H groups in total. The Morgan fingerprint density at radius 1 is 1.50 bits per heavy atom. The molecule has 1 atom stereocenters. The Hall–Kier alpha value is -0.610. The van der Waals surface area contributed by atoms with Crippen molar-refractivity contribution in [1.82, 2.24) is 0 Å². The van der Waals surface area contributed by atoms with Gasteiger partial charge in [-0.25, -0.2) is 0 Å². The van der Waals surface area contributed by atoms with Gasteiger partial charge < -0.3 is 4.90 Å². The van der Waals surface area contributed by atoms with Gasteiger partial charge >= 0.3 is 0 Å². The Labute approximate surface area is 106 Å². The summed E-state index contributed by atoms with van der Waals surface area (Å²) in [4.78, 5) is 15.0. The summed E-state index contributed by atoms with van der Waals surface area (Å²) in [6, 6.07) is 8.06. The lowest BCUT2D eigenvalue weighted by atomic mass is 10.1. The molecule has 0 bridgehead atoms. The van der Waals surface area contributed by atoms with Crippen LogP contribution in [0, 0.1) is 5.92 Å². The number of amides is 1. The van der Waals surface area contributed by atoms with Crippen molar-refractivity contribution in [1.29, 1.82) is 0 Å². The van der Waals surface area contributed by atoms with E-state index in [0.29, 0.717) is 12.3 Å². The molecule has 2 rings (SSSR count). The van der Waals surface area contributed by atoms with Crippen molar-refractivity contribution >= 4 is 36.0 Å². The third-order valence-corrected chi connectivity index (χ3v) is 4.14. The maximum Gasteiger partial charge on any atom is 0.227 e. The predicted molar refractivity (Wildman–Crippen MR) is 72.5 cm³/mol. The average molecular weight is 253 g/mol. The van der Waals surface area contributed by atoms with Gasteiger partial charge in [0.2, 0.25) is 5.91 Å². The highest BCUT2D eigenvalue weighted by Gasteiger charge is 2.30. The molecule has 1 heterocycles. The molecule has 4 heteroatoms. The maximum absolute atomic E-state index is 11.9. The molecule has 16 heavy (non-hydrogen) atoms. The van der Waals surface area contributed by atoms with Crippen molar-refractivity contribution < 1.29 is 4.79 Å². The first-order valence-electron chi connectivity index (χ1n) is 5.30. The first-order valence-corrected chi connectivity index (χ1v) is 7.16. The monoisotopic (exact) mass is 253 g/mol. The lowest BCUT2D eigenvalue weighted by Crippen LogP contribution is -2.25. The summed E-state index contributed by atoms with van der Waals surface area (Å²) in [5.41, 5.74) is 1.05. The molecule has 86 valence electrons. The normalized spacial score (nSPS) is 20.5. The number of hydrogen-bond acceptors (Lipinski definition) is 3. The van der Waals surface area contributed by atoms with E-state index in [0.717, 1.165) is 22.9 Å². The van der Waals surface area contributed by atoms with Crippen LogP contribution in [-0.2, 0) is 4.79 Å². The fourth-order valence-electron chi connectivity index (χ4n) is 1.99. The second-order valence-electron chi connectivity index (χ2n) is 3.93. The zero-order valence-corrected chi connectivity index (χ0v) is 10.9. The molecule has 0 radical (unpaired) electrons. The standard InChI is InChI=1S/C12H15NOS2/c1-16-11-5-3-2-4-10(11)13-7-9(8-15)6-12(13)14/h2-5,9,15H,6-8H2,1H3. The minimum absolute atomic E-state index is 0.223. The highest BCUT2D eigenvalue weighted by atomic mass is 32.2. The van der Waals surface area contributed by atoms with Gasteiger partial charge in [0.15, 0.2) is 0 Å². The number of carbonyl (C=O) groups is 1. The topological polar surface area (TPSA) is 20.3 Å². The van der Waals surface area contributed by atoms with Crippen LogP contribution in [0.1, 0.15) is 6.42 Å². The van der Waals surface area contributed by atoms with E-state index >= 15 is 0 Å². The lowest BCUT2D eigenvalue weighted by Gasteiger charge is -2.19. The van der Waals surface area contributed by atoms with Crippen LogP contribution in [0.5, 0.6) is 0 Å². The van der Waals surface area contributed by atoms with Crippen molar-refractivity contribution in [3.05, 3.63) is 24.3 Å². The molecule has 1 fully saturated rings. The third-order valence-electron chi connectivity index (χ3n) is 2.84. The van der Waals surface area contributed by atoms with E-state index in [4.69, 9.17) is 0 Å². The van der Waals surface area contributed by atoms with Crippen molar-refractivity contribution in [2.75, 3.05) is 23.5 Å². The molecule has 2 nitrogen and oxygen atoms in total. The molecule has 1 unspecified atom stereocenters. The number of nitrogens with zero attached hydrogens (tertiary/aromatic N) is 1. The lowest BCUT2D eigenvalue weighted by molar-refractivity contribution is -0.117. The predicted octanol–water partition coefficient (Wildman–Crippen LogP) is 2.69. The number of thioether (sulfide) groups is 1. The Morgan fingerprint density at radius 3 is 2.88 bits per heavy atom. The Balaban J connectivity index is 2.27. The van der Waals surface area contributed by atoms with E-state index in [2.05, 4.69) is 18.7 Å². The zero-order valence-electron chi connectivity index (χ0n) is 9.22. The Morgan fingerprint density at radius 2 is 2.25 bits per heavy atom. The fraction of sp³-hybridized carbons (Fsp3) is 0.417. The minimum Gasteiger partial charge on any atom is -0.311 e. The van der Waals surface area contributed by atoms with Gasteiger partial charge in [-0.3, -0.25) is 4.79 Å². The van der Waals surface area contributed by atoms with E-state index in [1.165, 1.54) is 0 Å². The molecule has 0 saturated carbocycles. The molecule has 1 aromatic rings. The van der Waals surface area contributed by atoms with Gasteiger partial charge in [0.25, 0.3) is 0 Å². The highest BCUT2D eigenvalue weighted by molar-refractivity contribution is 7.98. The number of benzene rings is 1. The van der Waals surface area contributed by atoms with E-state index in [1.54, 1.807) is 11.8 Å². The van der Waals surface area contributed by atoms with Gasteiger partial charge in [0.1, 0.15) is 0 Å². The maximum atomic E-state index is 11.9. The van der Waals surface area contributed by atoms with E-state index in [9.17, 15) is 4.79 Å². The molecular formula is C12H15NOS2. The second-order valence-corrected chi connectivity index (χ2v) is 5.14. The third kappa shape index (κ3) is 2.23. The zero-order chi connectivity index (χ0) is 11.5. The largest absolute Gasteiger partial charge is 0.311 e. The van der Waals surface area contributed by atoms with Crippen LogP contribution >= 0.6 is 24.4 Å². The molecule has 1 aliphatic rings. The minimum atomic E-state index is 0.223. The van der Waals surface area contributed by atoms with E-state index in [-0.39, 0.29) is 5.91 Å². The SMILES string of the molecule is CSc1ccccc1N1CC(CS)CC1=O. The van der Waals surface area contributed by atoms with Gasteiger partial charge in [0, 0.05) is 17.9 Å². The fourth-order valence-corrected chi connectivity index (χ4v) is 2.84. The van der Waals surface area contributed by atoms with Crippen LogP contribution in [0.3, 0.4) is 0 Å². The van der Waals surface area contributed by atoms with Gasteiger partial charge in [0.05, 0.1) is 5.69 Å². The number of anilines is 1. The Bertz CT molecular complexity index is 394. The van der Waals surface area contributed by atoms with Crippen LogP contribution in [0.25, 0.3) is 0 Å². The summed E-state index contributed by atoms with van der Waals surface area (Å²) in [7, 11) is 0. The summed E-state index contributed by atoms with van der Waals surface area (Å²) in [5, 5.41) is 0. The number of rotatable bonds is 3. The molecule has 1 aromatic carbocycles. The molecule has 1 saturated heterocycles. The Kier molecular flexibility index (Phi) is 3.82. The molecule has 0 aromatic heterocycles. The van der Waals surface area contributed by atoms with Crippen molar-refractivity contribution in [2.24, 2.45) is 5.92 Å². The van der Waals surface area contributed by atoms with Crippen molar-refractivity contribution in [2.45, 2.75) is 11.3 Å². The van der Waals surface area contributed by atoms with Crippen LogP contribution in [0.2, 0.25) is 0 Å². The molecule has 0 aliphatic carbocycles. The van der Waals surface area contributed by atoms with Crippen molar-refractivity contribution in [3.8, 4) is 0 Å². The second kappa shape index (κ2) is 5.15. The quantitative estimate of drug-likeness (QED) is 0.660. The van der Waals surface area contributed by atoms with Crippen LogP contribution in [-0.4, -0.2) is 24.5 Å². The molecular weight excluding hydrogens is 238 g/mol. The molecule has 1 amide bonds. The first kappa shape index (κ1) is 11.9. The molecule has 0 spiro atoms. The van der Waals surface area contributed by atoms with Gasteiger partial charge in [-0.2, -0.15) is 12.6 Å². The highest BCUT2D eigenvalue weighted by Crippen LogP contribution is 2.32. The van der Waals surface area contributed by atoms with E-state index in [1.807, 2.05) is 29.4 Å². The van der Waals surface area contributed by atoms with Crippen molar-refractivity contribution in [3.63, 3.8) is 0 Å². The number of thiol groups is 1. The number of carbonyl (C=O) groups excluding carboxylic acids is 1. The summed E-state index contributed by atoms with van der Waals surface area (Å²) in [6.45, 7) is 0.805. The summed E-state index contributed by atoms with van der Waals surface area (Å²) in [6.07, 6.45) is 2.67. The van der Waals surface area contributed by atoms with Gasteiger partial charge in [-0.1, -0.05) is 12.1 Å². The van der Waals surface area contributed by atoms with Gasteiger partial charge in [-0.15, -0.1) is 11.8 Å². The first-order chi connectivity index (χ1) is 7.76. The average Bonchev–Trinajstić information content (AvgIpc) is 2.70. The van der Waals surface area contributed by atoms with Crippen LogP contribution in [0.4, 0.5) is 5.69 Å². The van der Waals surface area contributed by atoms with Crippen LogP contribution < -0.4 is 4.90 Å². The summed E-state index contributed by atoms with van der Waals surface area (Å²) in [5.74, 6) is 1.40. The molecule has 1 aliphatic heterocycles. The summed E-state index contributed by atoms with van der Waals surface area (Å²) >= 11 is 5.95. The van der Waals surface area contributed by atoms with E-state index < -0.39 is 0 Å².